The van der Waals surface area contributed by atoms with E-state index >= 15 is 0 Å². The molecule has 0 bridgehead atoms. The van der Waals surface area contributed by atoms with Gasteiger partial charge in [-0.1, -0.05) is 30.3 Å². The molecule has 1 aliphatic rings. The third-order valence-electron chi connectivity index (χ3n) is 4.09. The molecule has 3 atom stereocenters. The van der Waals surface area contributed by atoms with E-state index < -0.39 is 12.4 Å². The van der Waals surface area contributed by atoms with E-state index in [1.165, 1.54) is 16.8 Å². The fourth-order valence-corrected chi connectivity index (χ4v) is 2.73. The summed E-state index contributed by atoms with van der Waals surface area (Å²) >= 11 is 0. The van der Waals surface area contributed by atoms with Crippen molar-refractivity contribution in [1.29, 1.82) is 0 Å². The minimum Gasteiger partial charge on any atom is -0.462 e. The van der Waals surface area contributed by atoms with Crippen LogP contribution >= 0.6 is 0 Å². The number of ether oxygens (including phenoxy) is 4. The first-order valence-electron chi connectivity index (χ1n) is 8.34. The van der Waals surface area contributed by atoms with Crippen LogP contribution in [0.2, 0.25) is 0 Å². The van der Waals surface area contributed by atoms with Crippen molar-refractivity contribution in [2.75, 3.05) is 13.7 Å². The lowest BCUT2D eigenvalue weighted by molar-refractivity contribution is -0.108. The van der Waals surface area contributed by atoms with Crippen LogP contribution in [-0.2, 0) is 27.5 Å². The molecule has 0 saturated carbocycles. The molecule has 8 heteroatoms. The fraction of sp³-hybridized carbons (Fsp3) is 0.444. The summed E-state index contributed by atoms with van der Waals surface area (Å²) in [5, 5.41) is 9.57. The number of rotatable bonds is 8. The molecular formula is C18H22N2O6. The normalized spacial score (nSPS) is 22.5. The molecule has 2 heterocycles. The number of hydrogen-bond acceptors (Lipinski definition) is 7. The molecule has 1 saturated heterocycles. The van der Waals surface area contributed by atoms with Crippen molar-refractivity contribution in [3.63, 3.8) is 0 Å². The van der Waals surface area contributed by atoms with Gasteiger partial charge in [-0.2, -0.15) is 0 Å². The average molecular weight is 362 g/mol. The first kappa shape index (κ1) is 18.5. The Labute approximate surface area is 150 Å². The molecule has 1 fully saturated rings. The van der Waals surface area contributed by atoms with E-state index in [2.05, 4.69) is 4.98 Å². The maximum atomic E-state index is 12.1. The number of nitrogens with zero attached hydrogens (tertiary/aromatic N) is 2. The number of hydrogen-bond donors (Lipinski definition) is 1. The Morgan fingerprint density at radius 2 is 2.12 bits per heavy atom. The summed E-state index contributed by atoms with van der Waals surface area (Å²) in [4.78, 5) is 16.2. The minimum atomic E-state index is -0.881. The molecule has 0 spiro atoms. The van der Waals surface area contributed by atoms with Crippen molar-refractivity contribution >= 4 is 0 Å². The van der Waals surface area contributed by atoms with Gasteiger partial charge in [0.1, 0.15) is 19.4 Å². The summed E-state index contributed by atoms with van der Waals surface area (Å²) in [5.74, 6) is 0. The highest BCUT2D eigenvalue weighted by Gasteiger charge is 2.35. The molecule has 0 amide bonds. The summed E-state index contributed by atoms with van der Waals surface area (Å²) in [6.07, 6.45) is 0.158. The molecule has 1 unspecified atom stereocenters. The molecule has 3 rings (SSSR count). The standard InChI is InChI=1S/C18H22N2O6/c1-23-14-9-17(22)26-15(14)11-25-18-19-8-7-16(21)20(18)12-24-10-13-5-3-2-4-6-13/h2-8,14-15,17,22H,9-12H2,1H3/t14-,15+,17?/m0/s1. The van der Waals surface area contributed by atoms with Crippen LogP contribution < -0.4 is 10.3 Å². The van der Waals surface area contributed by atoms with Gasteiger partial charge >= 0.3 is 6.01 Å². The molecular weight excluding hydrogens is 340 g/mol. The van der Waals surface area contributed by atoms with Crippen molar-refractivity contribution in [2.24, 2.45) is 0 Å². The summed E-state index contributed by atoms with van der Waals surface area (Å²) in [5.41, 5.74) is 0.724. The van der Waals surface area contributed by atoms with Crippen LogP contribution in [-0.4, -0.2) is 46.9 Å². The second kappa shape index (κ2) is 8.91. The van der Waals surface area contributed by atoms with Gasteiger partial charge in [0.2, 0.25) is 0 Å². The molecule has 140 valence electrons. The second-order valence-corrected chi connectivity index (χ2v) is 5.91. The highest BCUT2D eigenvalue weighted by molar-refractivity contribution is 5.13. The van der Waals surface area contributed by atoms with Crippen LogP contribution in [0.25, 0.3) is 0 Å². The van der Waals surface area contributed by atoms with E-state index in [0.29, 0.717) is 13.0 Å². The lowest BCUT2D eigenvalue weighted by Crippen LogP contribution is -2.32. The molecule has 26 heavy (non-hydrogen) atoms. The Hall–Kier alpha value is -2.26. The van der Waals surface area contributed by atoms with E-state index in [1.54, 1.807) is 7.11 Å². The Morgan fingerprint density at radius 1 is 1.31 bits per heavy atom. The molecule has 1 N–H and O–H groups in total. The summed E-state index contributed by atoms with van der Waals surface area (Å²) in [6, 6.07) is 11.1. The first-order chi connectivity index (χ1) is 12.7. The van der Waals surface area contributed by atoms with Gasteiger partial charge in [0.05, 0.1) is 12.7 Å². The minimum absolute atomic E-state index is 0.0127. The van der Waals surface area contributed by atoms with Crippen LogP contribution in [0.3, 0.4) is 0 Å². The Kier molecular flexibility index (Phi) is 6.35. The van der Waals surface area contributed by atoms with Gasteiger partial charge < -0.3 is 24.1 Å². The largest absolute Gasteiger partial charge is 0.462 e. The molecule has 8 nitrogen and oxygen atoms in total. The van der Waals surface area contributed by atoms with Gasteiger partial charge in [-0.3, -0.25) is 4.79 Å². The van der Waals surface area contributed by atoms with Crippen LogP contribution in [0.15, 0.2) is 47.4 Å². The summed E-state index contributed by atoms with van der Waals surface area (Å²) in [7, 11) is 1.55. The summed E-state index contributed by atoms with van der Waals surface area (Å²) < 4.78 is 23.2. The van der Waals surface area contributed by atoms with Gasteiger partial charge in [0.25, 0.3) is 5.56 Å². The van der Waals surface area contributed by atoms with E-state index in [-0.39, 0.29) is 31.0 Å². The molecule has 1 aromatic heterocycles. The van der Waals surface area contributed by atoms with Gasteiger partial charge in [-0.25, -0.2) is 9.55 Å². The average Bonchev–Trinajstić information content (AvgIpc) is 3.02. The van der Waals surface area contributed by atoms with E-state index in [0.717, 1.165) is 5.56 Å². The topological polar surface area (TPSA) is 92.0 Å². The smallest absolute Gasteiger partial charge is 0.301 e. The van der Waals surface area contributed by atoms with E-state index in [4.69, 9.17) is 18.9 Å². The molecule has 2 aromatic rings. The Morgan fingerprint density at radius 3 is 2.88 bits per heavy atom. The number of benzene rings is 1. The lowest BCUT2D eigenvalue weighted by atomic mass is 10.2. The molecule has 0 radical (unpaired) electrons. The van der Waals surface area contributed by atoms with Gasteiger partial charge in [-0.15, -0.1) is 0 Å². The van der Waals surface area contributed by atoms with E-state index in [9.17, 15) is 9.90 Å². The second-order valence-electron chi connectivity index (χ2n) is 5.91. The van der Waals surface area contributed by atoms with Crippen LogP contribution in [0.5, 0.6) is 6.01 Å². The third-order valence-corrected chi connectivity index (χ3v) is 4.09. The zero-order chi connectivity index (χ0) is 18.4. The summed E-state index contributed by atoms with van der Waals surface area (Å²) in [6.45, 7) is 0.481. The number of aromatic nitrogens is 2. The van der Waals surface area contributed by atoms with Crippen molar-refractivity contribution in [2.45, 2.75) is 38.3 Å². The van der Waals surface area contributed by atoms with Crippen molar-refractivity contribution in [3.05, 3.63) is 58.5 Å². The van der Waals surface area contributed by atoms with Crippen LogP contribution in [0, 0.1) is 0 Å². The van der Waals surface area contributed by atoms with E-state index in [1.807, 2.05) is 30.3 Å². The van der Waals surface area contributed by atoms with Gasteiger partial charge in [0.15, 0.2) is 6.29 Å². The number of aliphatic hydroxyl groups is 1. The maximum Gasteiger partial charge on any atom is 0.301 e. The molecule has 1 aliphatic heterocycles. The highest BCUT2D eigenvalue weighted by atomic mass is 16.6. The third kappa shape index (κ3) is 4.67. The quantitative estimate of drug-likeness (QED) is 0.746. The van der Waals surface area contributed by atoms with Crippen molar-refractivity contribution < 1.29 is 24.1 Å². The number of aliphatic hydroxyl groups excluding tert-OH is 1. The molecule has 0 aliphatic carbocycles. The Balaban J connectivity index is 1.61. The zero-order valence-corrected chi connectivity index (χ0v) is 14.5. The predicted molar refractivity (Wildman–Crippen MR) is 91.5 cm³/mol. The maximum absolute atomic E-state index is 12.1. The fourth-order valence-electron chi connectivity index (χ4n) is 2.73. The highest BCUT2D eigenvalue weighted by Crippen LogP contribution is 2.21. The van der Waals surface area contributed by atoms with Crippen LogP contribution in [0.4, 0.5) is 0 Å². The van der Waals surface area contributed by atoms with Gasteiger partial charge in [0, 0.05) is 25.8 Å². The van der Waals surface area contributed by atoms with Gasteiger partial charge in [-0.05, 0) is 5.56 Å². The predicted octanol–water partition coefficient (Wildman–Crippen LogP) is 0.919. The SMILES string of the molecule is CO[C@H]1CC(O)O[C@@H]1COc1nccc(=O)n1COCc1ccccc1. The zero-order valence-electron chi connectivity index (χ0n) is 14.5. The van der Waals surface area contributed by atoms with Crippen molar-refractivity contribution in [3.8, 4) is 6.01 Å². The monoisotopic (exact) mass is 362 g/mol. The van der Waals surface area contributed by atoms with Crippen LogP contribution in [0.1, 0.15) is 12.0 Å². The molecule has 1 aromatic carbocycles. The first-order valence-corrected chi connectivity index (χ1v) is 8.34. The lowest BCUT2D eigenvalue weighted by Gasteiger charge is -2.18. The van der Waals surface area contributed by atoms with Crippen molar-refractivity contribution in [1.82, 2.24) is 9.55 Å². The number of methoxy groups -OCH3 is 1. The Bertz CT molecular complexity index is 751.